The minimum atomic E-state index is 0.654. The van der Waals surface area contributed by atoms with E-state index in [2.05, 4.69) is 33.2 Å². The lowest BCUT2D eigenvalue weighted by molar-refractivity contribution is 0.563. The van der Waals surface area contributed by atoms with Gasteiger partial charge in [0.25, 0.3) is 0 Å². The van der Waals surface area contributed by atoms with Gasteiger partial charge >= 0.3 is 0 Å². The highest BCUT2D eigenvalue weighted by molar-refractivity contribution is 7.18. The predicted molar refractivity (Wildman–Crippen MR) is 87.2 cm³/mol. The van der Waals surface area contributed by atoms with E-state index in [0.717, 1.165) is 34.6 Å². The van der Waals surface area contributed by atoms with Crippen LogP contribution in [-0.4, -0.2) is 24.1 Å². The first kappa shape index (κ1) is 13.9. The molecule has 1 N–H and O–H groups in total. The first-order valence-corrected chi connectivity index (χ1v) is 7.73. The van der Waals surface area contributed by atoms with Crippen LogP contribution in [0.4, 0.5) is 11.8 Å². The standard InChI is InChI=1S/C15H18N4OS/c1-4-11-7-12-13(17-15(16-2)18-14(12)21-11)19(3)8-10-5-6-20-9-10/h5-7,9H,4,8H2,1-3H3,(H,16,17,18). The van der Waals surface area contributed by atoms with Crippen LogP contribution in [0.1, 0.15) is 17.4 Å². The van der Waals surface area contributed by atoms with E-state index in [0.29, 0.717) is 5.95 Å². The van der Waals surface area contributed by atoms with Crippen molar-refractivity contribution >= 4 is 33.3 Å². The van der Waals surface area contributed by atoms with Gasteiger partial charge in [0, 0.05) is 31.1 Å². The maximum Gasteiger partial charge on any atom is 0.225 e. The molecule has 6 heteroatoms. The van der Waals surface area contributed by atoms with Gasteiger partial charge in [0.15, 0.2) is 0 Å². The van der Waals surface area contributed by atoms with Gasteiger partial charge in [0.1, 0.15) is 10.6 Å². The van der Waals surface area contributed by atoms with E-state index in [9.17, 15) is 0 Å². The van der Waals surface area contributed by atoms with E-state index in [1.54, 1.807) is 23.9 Å². The van der Waals surface area contributed by atoms with Crippen molar-refractivity contribution in [1.29, 1.82) is 0 Å². The maximum absolute atomic E-state index is 5.14. The van der Waals surface area contributed by atoms with Crippen molar-refractivity contribution in [2.24, 2.45) is 0 Å². The van der Waals surface area contributed by atoms with E-state index in [1.807, 2.05) is 20.2 Å². The number of hydrogen-bond donors (Lipinski definition) is 1. The maximum atomic E-state index is 5.14. The summed E-state index contributed by atoms with van der Waals surface area (Å²) in [4.78, 5) is 13.7. The molecular formula is C15H18N4OS. The SMILES string of the molecule is CCc1cc2c(N(C)Cc3ccoc3)nc(NC)nc2s1. The molecule has 0 spiro atoms. The van der Waals surface area contributed by atoms with Gasteiger partial charge in [-0.3, -0.25) is 0 Å². The zero-order chi connectivity index (χ0) is 14.8. The molecule has 0 atom stereocenters. The van der Waals surface area contributed by atoms with Gasteiger partial charge in [-0.05, 0) is 18.6 Å². The van der Waals surface area contributed by atoms with Gasteiger partial charge in [-0.15, -0.1) is 11.3 Å². The molecule has 0 aliphatic rings. The van der Waals surface area contributed by atoms with Crippen LogP contribution >= 0.6 is 11.3 Å². The Morgan fingerprint density at radius 1 is 1.38 bits per heavy atom. The summed E-state index contributed by atoms with van der Waals surface area (Å²) in [7, 11) is 3.88. The molecule has 0 radical (unpaired) electrons. The summed E-state index contributed by atoms with van der Waals surface area (Å²) >= 11 is 1.73. The highest BCUT2D eigenvalue weighted by Gasteiger charge is 2.14. The van der Waals surface area contributed by atoms with Crippen molar-refractivity contribution in [2.45, 2.75) is 19.9 Å². The van der Waals surface area contributed by atoms with Crippen LogP contribution in [-0.2, 0) is 13.0 Å². The number of rotatable bonds is 5. The lowest BCUT2D eigenvalue weighted by atomic mass is 10.2. The highest BCUT2D eigenvalue weighted by Crippen LogP contribution is 2.32. The average molecular weight is 302 g/mol. The van der Waals surface area contributed by atoms with Crippen molar-refractivity contribution in [2.75, 3.05) is 24.3 Å². The molecule has 0 aromatic carbocycles. The lowest BCUT2D eigenvalue weighted by Crippen LogP contribution is -2.18. The van der Waals surface area contributed by atoms with E-state index >= 15 is 0 Å². The number of aryl methyl sites for hydroxylation is 1. The predicted octanol–water partition coefficient (Wildman–Crippen LogP) is 3.52. The second-order valence-electron chi connectivity index (χ2n) is 4.89. The molecule has 3 rings (SSSR count). The van der Waals surface area contributed by atoms with Gasteiger partial charge in [-0.25, -0.2) is 4.98 Å². The number of fused-ring (bicyclic) bond motifs is 1. The van der Waals surface area contributed by atoms with Crippen LogP contribution in [0.25, 0.3) is 10.2 Å². The fourth-order valence-corrected chi connectivity index (χ4v) is 3.23. The van der Waals surface area contributed by atoms with Crippen LogP contribution in [0.15, 0.2) is 29.1 Å². The van der Waals surface area contributed by atoms with Crippen molar-refractivity contribution in [1.82, 2.24) is 9.97 Å². The smallest absolute Gasteiger partial charge is 0.225 e. The molecule has 3 aromatic rings. The fraction of sp³-hybridized carbons (Fsp3) is 0.333. The van der Waals surface area contributed by atoms with Gasteiger partial charge in [-0.2, -0.15) is 4.98 Å². The quantitative estimate of drug-likeness (QED) is 0.781. The Kier molecular flexibility index (Phi) is 3.79. The summed E-state index contributed by atoms with van der Waals surface area (Å²) in [6.07, 6.45) is 4.47. The van der Waals surface area contributed by atoms with Gasteiger partial charge in [0.05, 0.1) is 17.9 Å². The Bertz CT molecular complexity index is 736. The normalized spacial score (nSPS) is 11.0. The Hall–Kier alpha value is -2.08. The minimum absolute atomic E-state index is 0.654. The van der Waals surface area contributed by atoms with Crippen LogP contribution < -0.4 is 10.2 Å². The van der Waals surface area contributed by atoms with Crippen LogP contribution in [0, 0.1) is 0 Å². The zero-order valence-corrected chi connectivity index (χ0v) is 13.2. The van der Waals surface area contributed by atoms with Crippen molar-refractivity contribution in [3.05, 3.63) is 35.1 Å². The van der Waals surface area contributed by atoms with E-state index in [1.165, 1.54) is 4.88 Å². The van der Waals surface area contributed by atoms with E-state index in [4.69, 9.17) is 4.42 Å². The molecule has 5 nitrogen and oxygen atoms in total. The van der Waals surface area contributed by atoms with Crippen LogP contribution in [0.5, 0.6) is 0 Å². The zero-order valence-electron chi connectivity index (χ0n) is 12.4. The summed E-state index contributed by atoms with van der Waals surface area (Å²) in [6.45, 7) is 2.91. The topological polar surface area (TPSA) is 54.2 Å². The van der Waals surface area contributed by atoms with Crippen molar-refractivity contribution in [3.8, 4) is 0 Å². The lowest BCUT2D eigenvalue weighted by Gasteiger charge is -2.18. The Balaban J connectivity index is 2.04. The minimum Gasteiger partial charge on any atom is -0.472 e. The third-order valence-corrected chi connectivity index (χ3v) is 4.53. The second kappa shape index (κ2) is 5.73. The molecule has 110 valence electrons. The number of aromatic nitrogens is 2. The monoisotopic (exact) mass is 302 g/mol. The van der Waals surface area contributed by atoms with Crippen LogP contribution in [0.3, 0.4) is 0 Å². The fourth-order valence-electron chi connectivity index (χ4n) is 2.26. The second-order valence-corrected chi connectivity index (χ2v) is 6.01. The summed E-state index contributed by atoms with van der Waals surface area (Å²) < 4.78 is 5.14. The summed E-state index contributed by atoms with van der Waals surface area (Å²) in [6, 6.07) is 4.17. The summed E-state index contributed by atoms with van der Waals surface area (Å²) in [5.74, 6) is 1.60. The summed E-state index contributed by atoms with van der Waals surface area (Å²) in [5, 5.41) is 4.15. The Labute approximate surface area is 127 Å². The molecule has 0 unspecified atom stereocenters. The van der Waals surface area contributed by atoms with Gasteiger partial charge in [-0.1, -0.05) is 6.92 Å². The van der Waals surface area contributed by atoms with Gasteiger partial charge < -0.3 is 14.6 Å². The number of furan rings is 1. The molecule has 0 aliphatic carbocycles. The number of nitrogens with one attached hydrogen (secondary N) is 1. The molecule has 0 aliphatic heterocycles. The van der Waals surface area contributed by atoms with Crippen molar-refractivity contribution in [3.63, 3.8) is 0 Å². The molecule has 0 bridgehead atoms. The van der Waals surface area contributed by atoms with E-state index in [-0.39, 0.29) is 0 Å². The summed E-state index contributed by atoms with van der Waals surface area (Å²) in [5.41, 5.74) is 1.13. The number of thiophene rings is 1. The molecule has 3 aromatic heterocycles. The Morgan fingerprint density at radius 2 is 2.24 bits per heavy atom. The van der Waals surface area contributed by atoms with Gasteiger partial charge in [0.2, 0.25) is 5.95 Å². The molecule has 3 heterocycles. The molecule has 0 fully saturated rings. The highest BCUT2D eigenvalue weighted by atomic mass is 32.1. The van der Waals surface area contributed by atoms with E-state index < -0.39 is 0 Å². The molecule has 0 saturated carbocycles. The number of anilines is 2. The van der Waals surface area contributed by atoms with Crippen molar-refractivity contribution < 1.29 is 4.42 Å². The Morgan fingerprint density at radius 3 is 2.90 bits per heavy atom. The largest absolute Gasteiger partial charge is 0.472 e. The van der Waals surface area contributed by atoms with Crippen LogP contribution in [0.2, 0.25) is 0 Å². The number of hydrogen-bond acceptors (Lipinski definition) is 6. The molecule has 0 saturated heterocycles. The first-order chi connectivity index (χ1) is 10.2. The first-order valence-electron chi connectivity index (χ1n) is 6.91. The molecule has 21 heavy (non-hydrogen) atoms. The third-order valence-electron chi connectivity index (χ3n) is 3.36. The average Bonchev–Trinajstić information content (AvgIpc) is 3.14. The number of nitrogens with zero attached hydrogens (tertiary/aromatic N) is 3. The molecule has 0 amide bonds. The third kappa shape index (κ3) is 2.71. The molecular weight excluding hydrogens is 284 g/mol.